The highest BCUT2D eigenvalue weighted by Crippen LogP contribution is 2.25. The van der Waals surface area contributed by atoms with Crippen molar-refractivity contribution >= 4 is 22.6 Å². The van der Waals surface area contributed by atoms with Crippen LogP contribution in [0.4, 0.5) is 5.69 Å². The molecule has 0 spiro atoms. The molecule has 2 aromatic heterocycles. The van der Waals surface area contributed by atoms with Crippen molar-refractivity contribution in [3.63, 3.8) is 0 Å². The third-order valence-electron chi connectivity index (χ3n) is 4.99. The van der Waals surface area contributed by atoms with E-state index >= 15 is 0 Å². The van der Waals surface area contributed by atoms with Gasteiger partial charge in [0.2, 0.25) is 0 Å². The summed E-state index contributed by atoms with van der Waals surface area (Å²) in [6, 6.07) is 16.8. The third kappa shape index (κ3) is 4.09. The molecule has 2 heterocycles. The van der Waals surface area contributed by atoms with E-state index in [1.165, 1.54) is 23.9 Å². The maximum atomic E-state index is 12.8. The molecule has 0 atom stereocenters. The molecule has 0 fully saturated rings. The van der Waals surface area contributed by atoms with Gasteiger partial charge in [0, 0.05) is 30.9 Å². The fourth-order valence-corrected chi connectivity index (χ4v) is 3.37. The van der Waals surface area contributed by atoms with Crippen molar-refractivity contribution in [2.24, 2.45) is 7.05 Å². The van der Waals surface area contributed by atoms with Crippen LogP contribution in [0.1, 0.15) is 21.5 Å². The number of aromatic amines is 1. The van der Waals surface area contributed by atoms with E-state index < -0.39 is 17.2 Å². The molecule has 2 aromatic carbocycles. The number of aryl methyl sites for hydroxylation is 1. The summed E-state index contributed by atoms with van der Waals surface area (Å²) in [6.07, 6.45) is 1.99. The van der Waals surface area contributed by atoms with Crippen LogP contribution in [0.2, 0.25) is 0 Å². The molecule has 8 heteroatoms. The zero-order chi connectivity index (χ0) is 22.0. The Balaban J connectivity index is 1.63. The van der Waals surface area contributed by atoms with Crippen LogP contribution in [0, 0.1) is 0 Å². The number of pyridine rings is 1. The lowest BCUT2D eigenvalue weighted by Crippen LogP contribution is -2.29. The van der Waals surface area contributed by atoms with E-state index in [0.717, 1.165) is 16.9 Å². The van der Waals surface area contributed by atoms with Crippen LogP contribution < -0.4 is 21.3 Å². The Morgan fingerprint density at radius 1 is 1.13 bits per heavy atom. The zero-order valence-electron chi connectivity index (χ0n) is 17.0. The van der Waals surface area contributed by atoms with Gasteiger partial charge in [-0.05, 0) is 29.8 Å². The van der Waals surface area contributed by atoms with E-state index in [0.29, 0.717) is 12.1 Å². The van der Waals surface area contributed by atoms with Gasteiger partial charge in [0.25, 0.3) is 11.5 Å². The molecular formula is C23H20N4O4. The molecule has 0 radical (unpaired) electrons. The fraction of sp³-hybridized carbons (Fsp3) is 0.130. The molecule has 1 amide bonds. The number of benzene rings is 2. The van der Waals surface area contributed by atoms with Crippen molar-refractivity contribution in [3.05, 3.63) is 98.3 Å². The smallest absolute Gasteiger partial charge is 0.329 e. The lowest BCUT2D eigenvalue weighted by molar-refractivity contribution is 0.102. The van der Waals surface area contributed by atoms with E-state index in [-0.39, 0.29) is 16.6 Å². The molecule has 4 aromatic rings. The first-order chi connectivity index (χ1) is 15.0. The van der Waals surface area contributed by atoms with Crippen molar-refractivity contribution < 1.29 is 9.53 Å². The van der Waals surface area contributed by atoms with Crippen LogP contribution in [0.3, 0.4) is 0 Å². The Bertz CT molecular complexity index is 1390. The van der Waals surface area contributed by atoms with Gasteiger partial charge in [-0.15, -0.1) is 0 Å². The number of methoxy groups -OCH3 is 1. The van der Waals surface area contributed by atoms with E-state index in [9.17, 15) is 14.4 Å². The number of ether oxygens (including phenoxy) is 1. The summed E-state index contributed by atoms with van der Waals surface area (Å²) in [5, 5.41) is 2.99. The molecule has 8 nitrogen and oxygen atoms in total. The number of hydrogen-bond acceptors (Lipinski definition) is 5. The number of rotatable bonds is 5. The Kier molecular flexibility index (Phi) is 5.36. The SMILES string of the molecule is COc1ccc(NC(=O)c2cnc3c(c2)c(=O)[nH]c(=O)n3C)cc1Cc1ccccc1. The molecule has 2 N–H and O–H groups in total. The first-order valence-corrected chi connectivity index (χ1v) is 9.57. The van der Waals surface area contributed by atoms with E-state index in [1.54, 1.807) is 19.2 Å². The fourth-order valence-electron chi connectivity index (χ4n) is 3.37. The highest BCUT2D eigenvalue weighted by molar-refractivity contribution is 6.05. The van der Waals surface area contributed by atoms with Gasteiger partial charge in [0.1, 0.15) is 11.4 Å². The van der Waals surface area contributed by atoms with Gasteiger partial charge >= 0.3 is 5.69 Å². The molecule has 0 unspecified atom stereocenters. The number of nitrogens with one attached hydrogen (secondary N) is 2. The molecule has 4 rings (SSSR count). The van der Waals surface area contributed by atoms with Crippen LogP contribution in [0.5, 0.6) is 5.75 Å². The Hall–Kier alpha value is -4.20. The summed E-state index contributed by atoms with van der Waals surface area (Å²) in [5.41, 5.74) is 1.90. The highest BCUT2D eigenvalue weighted by atomic mass is 16.5. The van der Waals surface area contributed by atoms with Gasteiger partial charge in [-0.25, -0.2) is 9.78 Å². The second kappa shape index (κ2) is 8.27. The van der Waals surface area contributed by atoms with Crippen molar-refractivity contribution in [1.82, 2.24) is 14.5 Å². The standard InChI is InChI=1S/C23H20N4O4/c1-27-20-18(22(29)26-23(27)30)12-16(13-24-20)21(28)25-17-8-9-19(31-2)15(11-17)10-14-6-4-3-5-7-14/h3-9,11-13H,10H2,1-2H3,(H,25,28)(H,26,29,30). The highest BCUT2D eigenvalue weighted by Gasteiger charge is 2.13. The van der Waals surface area contributed by atoms with Crippen LogP contribution in [-0.2, 0) is 13.5 Å². The quantitative estimate of drug-likeness (QED) is 0.520. The summed E-state index contributed by atoms with van der Waals surface area (Å²) in [7, 11) is 3.10. The second-order valence-electron chi connectivity index (χ2n) is 7.06. The third-order valence-corrected chi connectivity index (χ3v) is 4.99. The van der Waals surface area contributed by atoms with Gasteiger partial charge in [-0.1, -0.05) is 30.3 Å². The number of nitrogens with zero attached hydrogens (tertiary/aromatic N) is 2. The second-order valence-corrected chi connectivity index (χ2v) is 7.06. The molecule has 0 bridgehead atoms. The van der Waals surface area contributed by atoms with E-state index in [2.05, 4.69) is 15.3 Å². The summed E-state index contributed by atoms with van der Waals surface area (Å²) < 4.78 is 6.68. The van der Waals surface area contributed by atoms with Gasteiger partial charge in [0.15, 0.2) is 0 Å². The molecule has 156 valence electrons. The lowest BCUT2D eigenvalue weighted by Gasteiger charge is -2.12. The van der Waals surface area contributed by atoms with Crippen molar-refractivity contribution in [1.29, 1.82) is 0 Å². The number of carbonyl (C=O) groups is 1. The monoisotopic (exact) mass is 416 g/mol. The predicted molar refractivity (Wildman–Crippen MR) is 118 cm³/mol. The minimum absolute atomic E-state index is 0.161. The van der Waals surface area contributed by atoms with E-state index in [4.69, 9.17) is 4.74 Å². The van der Waals surface area contributed by atoms with Gasteiger partial charge in [0.05, 0.1) is 18.1 Å². The minimum Gasteiger partial charge on any atom is -0.496 e. The molecule has 0 aliphatic rings. The topological polar surface area (TPSA) is 106 Å². The number of aromatic nitrogens is 3. The average Bonchev–Trinajstić information content (AvgIpc) is 2.78. The summed E-state index contributed by atoms with van der Waals surface area (Å²) in [5.74, 6) is 0.306. The maximum Gasteiger partial charge on any atom is 0.329 e. The van der Waals surface area contributed by atoms with Crippen LogP contribution >= 0.6 is 0 Å². The Morgan fingerprint density at radius 3 is 2.65 bits per heavy atom. The normalized spacial score (nSPS) is 10.8. The Labute approximate surface area is 177 Å². The first kappa shape index (κ1) is 20.1. The molecule has 0 aliphatic heterocycles. The van der Waals surface area contributed by atoms with Gasteiger partial charge in [-0.3, -0.25) is 19.1 Å². The first-order valence-electron chi connectivity index (χ1n) is 9.57. The largest absolute Gasteiger partial charge is 0.496 e. The number of fused-ring (bicyclic) bond motifs is 1. The van der Waals surface area contributed by atoms with Crippen molar-refractivity contribution in [3.8, 4) is 5.75 Å². The van der Waals surface area contributed by atoms with Gasteiger partial charge in [-0.2, -0.15) is 0 Å². The summed E-state index contributed by atoms with van der Waals surface area (Å²) in [6.45, 7) is 0. The predicted octanol–water partition coefficient (Wildman–Crippen LogP) is 2.47. The van der Waals surface area contributed by atoms with Crippen LogP contribution in [-0.4, -0.2) is 27.6 Å². The van der Waals surface area contributed by atoms with Crippen molar-refractivity contribution in [2.75, 3.05) is 12.4 Å². The number of amides is 1. The average molecular weight is 416 g/mol. The zero-order valence-corrected chi connectivity index (χ0v) is 17.0. The Morgan fingerprint density at radius 2 is 1.90 bits per heavy atom. The lowest BCUT2D eigenvalue weighted by atomic mass is 10.0. The molecular weight excluding hydrogens is 396 g/mol. The van der Waals surface area contributed by atoms with Crippen molar-refractivity contribution in [2.45, 2.75) is 6.42 Å². The van der Waals surface area contributed by atoms with Crippen LogP contribution in [0.25, 0.3) is 11.0 Å². The maximum absolute atomic E-state index is 12.8. The summed E-state index contributed by atoms with van der Waals surface area (Å²) in [4.78, 5) is 42.9. The minimum atomic E-state index is -0.588. The van der Waals surface area contributed by atoms with Crippen LogP contribution in [0.15, 0.2) is 70.4 Å². The molecule has 0 saturated heterocycles. The number of hydrogen-bond donors (Lipinski definition) is 2. The molecule has 0 aliphatic carbocycles. The number of carbonyl (C=O) groups excluding carboxylic acids is 1. The number of H-pyrrole nitrogens is 1. The summed E-state index contributed by atoms with van der Waals surface area (Å²) >= 11 is 0. The molecule has 0 saturated carbocycles. The van der Waals surface area contributed by atoms with Gasteiger partial charge < -0.3 is 10.1 Å². The molecule has 31 heavy (non-hydrogen) atoms. The number of anilines is 1. The van der Waals surface area contributed by atoms with E-state index in [1.807, 2.05) is 36.4 Å².